The number of halogens is 1. The van der Waals surface area contributed by atoms with Crippen LogP contribution in [0.15, 0.2) is 54.6 Å². The number of hydrogen-bond acceptors (Lipinski definition) is 1. The molecule has 1 atom stereocenters. The van der Waals surface area contributed by atoms with E-state index in [1.165, 1.54) is 0 Å². The number of terminal acetylenes is 1. The first-order valence-corrected chi connectivity index (χ1v) is 6.21. The highest BCUT2D eigenvalue weighted by atomic mass is 35.5. The lowest BCUT2D eigenvalue weighted by molar-refractivity contribution is -0.116. The maximum absolute atomic E-state index is 12.1. The van der Waals surface area contributed by atoms with Crippen LogP contribution in [0.4, 0.5) is 5.69 Å². The van der Waals surface area contributed by atoms with E-state index in [9.17, 15) is 4.79 Å². The van der Waals surface area contributed by atoms with E-state index in [1.807, 2.05) is 42.5 Å². The summed E-state index contributed by atoms with van der Waals surface area (Å²) >= 11 is 6.14. The number of alkyl halides is 1. The van der Waals surface area contributed by atoms with E-state index < -0.39 is 5.38 Å². The predicted octanol–water partition coefficient (Wildman–Crippen LogP) is 3.59. The van der Waals surface area contributed by atoms with Crippen LogP contribution in [0.3, 0.4) is 0 Å². The van der Waals surface area contributed by atoms with Crippen LogP contribution >= 0.6 is 11.6 Å². The van der Waals surface area contributed by atoms with Crippen molar-refractivity contribution in [3.8, 4) is 12.3 Å². The minimum Gasteiger partial charge on any atom is -0.323 e. The van der Waals surface area contributed by atoms with Crippen molar-refractivity contribution in [1.82, 2.24) is 0 Å². The Morgan fingerprint density at radius 1 is 1.11 bits per heavy atom. The average molecular weight is 270 g/mol. The van der Waals surface area contributed by atoms with Gasteiger partial charge < -0.3 is 5.32 Å². The van der Waals surface area contributed by atoms with E-state index in [4.69, 9.17) is 18.0 Å². The van der Waals surface area contributed by atoms with Gasteiger partial charge in [-0.05, 0) is 17.7 Å². The Kier molecular flexibility index (Phi) is 4.22. The van der Waals surface area contributed by atoms with Crippen LogP contribution in [-0.2, 0) is 4.79 Å². The SMILES string of the molecule is C#Cc1ccccc1NC(=O)[C@H](Cl)c1ccccc1. The summed E-state index contributed by atoms with van der Waals surface area (Å²) in [5.41, 5.74) is 1.98. The first-order valence-electron chi connectivity index (χ1n) is 5.78. The van der Waals surface area contributed by atoms with Gasteiger partial charge in [-0.2, -0.15) is 0 Å². The zero-order valence-corrected chi connectivity index (χ0v) is 10.9. The van der Waals surface area contributed by atoms with Crippen LogP contribution < -0.4 is 5.32 Å². The second-order valence-electron chi connectivity index (χ2n) is 3.95. The van der Waals surface area contributed by atoms with Crippen molar-refractivity contribution in [1.29, 1.82) is 0 Å². The first kappa shape index (κ1) is 13.2. The summed E-state index contributed by atoms with van der Waals surface area (Å²) in [6.07, 6.45) is 5.38. The lowest BCUT2D eigenvalue weighted by Crippen LogP contribution is -2.17. The van der Waals surface area contributed by atoms with E-state index in [0.717, 1.165) is 5.56 Å². The third-order valence-electron chi connectivity index (χ3n) is 2.66. The van der Waals surface area contributed by atoms with Gasteiger partial charge in [-0.1, -0.05) is 48.4 Å². The third-order valence-corrected chi connectivity index (χ3v) is 3.11. The molecule has 0 aliphatic carbocycles. The zero-order chi connectivity index (χ0) is 13.7. The van der Waals surface area contributed by atoms with Crippen molar-refractivity contribution < 1.29 is 4.79 Å². The Bertz CT molecular complexity index is 616. The van der Waals surface area contributed by atoms with Gasteiger partial charge in [0.2, 0.25) is 5.91 Å². The molecule has 1 amide bonds. The molecule has 0 aliphatic heterocycles. The lowest BCUT2D eigenvalue weighted by Gasteiger charge is -2.12. The number of nitrogens with one attached hydrogen (secondary N) is 1. The molecular weight excluding hydrogens is 258 g/mol. The molecule has 2 rings (SSSR count). The molecule has 0 saturated heterocycles. The van der Waals surface area contributed by atoms with Crippen LogP contribution in [0.5, 0.6) is 0 Å². The monoisotopic (exact) mass is 269 g/mol. The standard InChI is InChI=1S/C16H12ClNO/c1-2-12-8-6-7-11-14(12)18-16(19)15(17)13-9-4-3-5-10-13/h1,3-11,15H,(H,18,19)/t15-/m1/s1. The zero-order valence-electron chi connectivity index (χ0n) is 10.1. The van der Waals surface area contributed by atoms with Crippen molar-refractivity contribution in [2.75, 3.05) is 5.32 Å². The van der Waals surface area contributed by atoms with Crippen LogP contribution in [0.2, 0.25) is 0 Å². The molecule has 0 saturated carbocycles. The Morgan fingerprint density at radius 2 is 1.74 bits per heavy atom. The minimum absolute atomic E-state index is 0.296. The molecular formula is C16H12ClNO. The molecule has 0 radical (unpaired) electrons. The summed E-state index contributed by atoms with van der Waals surface area (Å²) in [6, 6.07) is 16.3. The minimum atomic E-state index is -0.743. The van der Waals surface area contributed by atoms with E-state index in [-0.39, 0.29) is 5.91 Å². The molecule has 0 spiro atoms. The van der Waals surface area contributed by atoms with Crippen molar-refractivity contribution in [2.24, 2.45) is 0 Å². The van der Waals surface area contributed by atoms with Gasteiger partial charge in [-0.3, -0.25) is 4.79 Å². The number of para-hydroxylation sites is 1. The molecule has 19 heavy (non-hydrogen) atoms. The van der Waals surface area contributed by atoms with Gasteiger partial charge >= 0.3 is 0 Å². The molecule has 0 fully saturated rings. The van der Waals surface area contributed by atoms with Gasteiger partial charge in [0.25, 0.3) is 0 Å². The van der Waals surface area contributed by atoms with E-state index >= 15 is 0 Å². The van der Waals surface area contributed by atoms with Crippen LogP contribution in [-0.4, -0.2) is 5.91 Å². The molecule has 2 aromatic rings. The molecule has 0 bridgehead atoms. The lowest BCUT2D eigenvalue weighted by atomic mass is 10.1. The molecule has 0 unspecified atom stereocenters. The summed E-state index contributed by atoms with van der Waals surface area (Å²) < 4.78 is 0. The second kappa shape index (κ2) is 6.08. The number of carbonyl (C=O) groups is 1. The molecule has 2 aromatic carbocycles. The fraction of sp³-hybridized carbons (Fsp3) is 0.0625. The highest BCUT2D eigenvalue weighted by Crippen LogP contribution is 2.23. The maximum Gasteiger partial charge on any atom is 0.247 e. The highest BCUT2D eigenvalue weighted by molar-refractivity contribution is 6.32. The predicted molar refractivity (Wildman–Crippen MR) is 78.0 cm³/mol. The van der Waals surface area contributed by atoms with Gasteiger partial charge in [-0.25, -0.2) is 0 Å². The van der Waals surface area contributed by atoms with E-state index in [1.54, 1.807) is 12.1 Å². The first-order chi connectivity index (χ1) is 9.22. The van der Waals surface area contributed by atoms with Gasteiger partial charge in [0.15, 0.2) is 0 Å². The van der Waals surface area contributed by atoms with Crippen LogP contribution in [0.25, 0.3) is 0 Å². The van der Waals surface area contributed by atoms with Crippen LogP contribution in [0, 0.1) is 12.3 Å². The van der Waals surface area contributed by atoms with Gasteiger partial charge in [-0.15, -0.1) is 18.0 Å². The second-order valence-corrected chi connectivity index (χ2v) is 4.39. The third kappa shape index (κ3) is 3.15. The number of carbonyl (C=O) groups excluding carboxylic acids is 1. The van der Waals surface area contributed by atoms with Crippen molar-refractivity contribution in [3.05, 3.63) is 65.7 Å². The summed E-state index contributed by atoms with van der Waals surface area (Å²) in [5, 5.41) is 2.00. The normalized spacial score (nSPS) is 11.4. The summed E-state index contributed by atoms with van der Waals surface area (Å²) in [4.78, 5) is 12.1. The topological polar surface area (TPSA) is 29.1 Å². The average Bonchev–Trinajstić information content (AvgIpc) is 2.48. The van der Waals surface area contributed by atoms with Crippen molar-refractivity contribution >= 4 is 23.2 Å². The Balaban J connectivity index is 2.16. The van der Waals surface area contributed by atoms with Crippen molar-refractivity contribution in [3.63, 3.8) is 0 Å². The fourth-order valence-electron chi connectivity index (χ4n) is 1.69. The Labute approximate surface area is 117 Å². The Morgan fingerprint density at radius 3 is 2.42 bits per heavy atom. The number of benzene rings is 2. The van der Waals surface area contributed by atoms with Crippen LogP contribution in [0.1, 0.15) is 16.5 Å². The summed E-state index contributed by atoms with van der Waals surface area (Å²) in [6.45, 7) is 0. The number of amides is 1. The smallest absolute Gasteiger partial charge is 0.247 e. The molecule has 0 heterocycles. The van der Waals surface area contributed by atoms with E-state index in [2.05, 4.69) is 11.2 Å². The molecule has 3 heteroatoms. The number of hydrogen-bond donors (Lipinski definition) is 1. The molecule has 0 aliphatic rings. The molecule has 0 aromatic heterocycles. The largest absolute Gasteiger partial charge is 0.323 e. The highest BCUT2D eigenvalue weighted by Gasteiger charge is 2.17. The van der Waals surface area contributed by atoms with Gasteiger partial charge in [0.1, 0.15) is 5.38 Å². The number of anilines is 1. The Hall–Kier alpha value is -2.24. The quantitative estimate of drug-likeness (QED) is 0.670. The van der Waals surface area contributed by atoms with Gasteiger partial charge in [0.05, 0.1) is 5.69 Å². The van der Waals surface area contributed by atoms with Crippen molar-refractivity contribution in [2.45, 2.75) is 5.38 Å². The maximum atomic E-state index is 12.1. The van der Waals surface area contributed by atoms with E-state index in [0.29, 0.717) is 11.3 Å². The molecule has 2 nitrogen and oxygen atoms in total. The van der Waals surface area contributed by atoms with Gasteiger partial charge in [0, 0.05) is 5.56 Å². The number of rotatable bonds is 3. The summed E-state index contributed by atoms with van der Waals surface area (Å²) in [5.74, 6) is 2.23. The molecule has 94 valence electrons. The fourth-order valence-corrected chi connectivity index (χ4v) is 1.89. The summed E-state index contributed by atoms with van der Waals surface area (Å²) in [7, 11) is 0. The molecule has 1 N–H and O–H groups in total.